The van der Waals surface area contributed by atoms with Crippen molar-refractivity contribution in [2.45, 2.75) is 38.2 Å². The predicted octanol–water partition coefficient (Wildman–Crippen LogP) is 2.23. The molecule has 1 aromatic carbocycles. The highest BCUT2D eigenvalue weighted by atomic mass is 16.4. The van der Waals surface area contributed by atoms with Crippen LogP contribution in [0.15, 0.2) is 24.3 Å². The van der Waals surface area contributed by atoms with Gasteiger partial charge in [-0.2, -0.15) is 0 Å². The second-order valence-electron chi connectivity index (χ2n) is 5.71. The van der Waals surface area contributed by atoms with Crippen LogP contribution in [0.2, 0.25) is 0 Å². The molecule has 1 heterocycles. The fourth-order valence-electron chi connectivity index (χ4n) is 2.57. The van der Waals surface area contributed by atoms with Crippen LogP contribution < -0.4 is 4.90 Å². The largest absolute Gasteiger partial charge is 0.481 e. The molecule has 0 spiro atoms. The number of anilines is 1. The Kier molecular flexibility index (Phi) is 3.80. The van der Waals surface area contributed by atoms with Crippen molar-refractivity contribution >= 4 is 11.7 Å². The summed E-state index contributed by atoms with van der Waals surface area (Å²) in [6.45, 7) is 5.39. The lowest BCUT2D eigenvalue weighted by Gasteiger charge is -2.23. The Bertz CT molecular complexity index is 455. The number of benzene rings is 1. The molecular weight excluding hydrogens is 242 g/mol. The van der Waals surface area contributed by atoms with Crippen LogP contribution in [-0.4, -0.2) is 34.9 Å². The lowest BCUT2D eigenvalue weighted by molar-refractivity contribution is -0.141. The van der Waals surface area contributed by atoms with Crippen molar-refractivity contribution < 1.29 is 15.0 Å². The summed E-state index contributed by atoms with van der Waals surface area (Å²) in [6, 6.07) is 8.27. The number of carbonyl (C=O) groups is 1. The summed E-state index contributed by atoms with van der Waals surface area (Å²) < 4.78 is 0. The van der Waals surface area contributed by atoms with Gasteiger partial charge in [-0.05, 0) is 30.0 Å². The Morgan fingerprint density at radius 2 is 2.00 bits per heavy atom. The maximum atomic E-state index is 10.7. The Hall–Kier alpha value is -1.55. The molecule has 1 aliphatic rings. The van der Waals surface area contributed by atoms with Crippen molar-refractivity contribution in [1.82, 2.24) is 0 Å². The van der Waals surface area contributed by atoms with Gasteiger partial charge in [0.15, 0.2) is 0 Å². The Labute approximate surface area is 113 Å². The van der Waals surface area contributed by atoms with Gasteiger partial charge in [0.2, 0.25) is 0 Å². The van der Waals surface area contributed by atoms with Crippen LogP contribution in [0.25, 0.3) is 0 Å². The molecule has 2 N–H and O–H groups in total. The van der Waals surface area contributed by atoms with Crippen molar-refractivity contribution in [3.63, 3.8) is 0 Å². The first kappa shape index (κ1) is 13.9. The zero-order valence-corrected chi connectivity index (χ0v) is 11.5. The molecule has 1 fully saturated rings. The summed E-state index contributed by atoms with van der Waals surface area (Å²) in [4.78, 5) is 12.8. The fourth-order valence-corrected chi connectivity index (χ4v) is 2.57. The van der Waals surface area contributed by atoms with Gasteiger partial charge in [-0.25, -0.2) is 0 Å². The van der Waals surface area contributed by atoms with Crippen LogP contribution in [0.4, 0.5) is 5.69 Å². The van der Waals surface area contributed by atoms with E-state index in [9.17, 15) is 9.90 Å². The number of carboxylic acid groups (broad SMARTS) is 1. The van der Waals surface area contributed by atoms with Gasteiger partial charge in [-0.1, -0.05) is 26.0 Å². The second kappa shape index (κ2) is 5.21. The van der Waals surface area contributed by atoms with E-state index in [1.165, 1.54) is 5.56 Å². The molecule has 19 heavy (non-hydrogen) atoms. The van der Waals surface area contributed by atoms with Gasteiger partial charge < -0.3 is 15.1 Å². The fraction of sp³-hybridized carbons (Fsp3) is 0.533. The quantitative estimate of drug-likeness (QED) is 0.874. The van der Waals surface area contributed by atoms with Crippen molar-refractivity contribution in [2.75, 3.05) is 18.0 Å². The molecule has 104 valence electrons. The topological polar surface area (TPSA) is 60.8 Å². The van der Waals surface area contributed by atoms with E-state index in [-0.39, 0.29) is 6.42 Å². The molecule has 1 atom stereocenters. The summed E-state index contributed by atoms with van der Waals surface area (Å²) in [7, 11) is 0. The van der Waals surface area contributed by atoms with Gasteiger partial charge >= 0.3 is 5.97 Å². The summed E-state index contributed by atoms with van der Waals surface area (Å²) in [5.74, 6) is -0.448. The molecule has 0 saturated carbocycles. The van der Waals surface area contributed by atoms with Crippen LogP contribution in [-0.2, 0) is 4.79 Å². The van der Waals surface area contributed by atoms with Gasteiger partial charge in [0.25, 0.3) is 0 Å². The van der Waals surface area contributed by atoms with Crippen molar-refractivity contribution in [1.29, 1.82) is 0 Å². The SMILES string of the molecule is CC(C)c1ccc(N2CCC(O)(CC(=O)O)C2)cc1. The lowest BCUT2D eigenvalue weighted by atomic mass is 9.99. The molecule has 0 aliphatic carbocycles. The van der Waals surface area contributed by atoms with E-state index in [0.717, 1.165) is 5.69 Å². The predicted molar refractivity (Wildman–Crippen MR) is 74.6 cm³/mol. The first-order valence-corrected chi connectivity index (χ1v) is 6.69. The first-order chi connectivity index (χ1) is 8.89. The van der Waals surface area contributed by atoms with E-state index in [2.05, 4.69) is 26.0 Å². The molecular formula is C15H21NO3. The molecule has 4 heteroatoms. The van der Waals surface area contributed by atoms with Crippen molar-refractivity contribution in [3.8, 4) is 0 Å². The van der Waals surface area contributed by atoms with E-state index in [1.54, 1.807) is 0 Å². The maximum absolute atomic E-state index is 10.7. The van der Waals surface area contributed by atoms with Crippen LogP contribution in [0, 0.1) is 0 Å². The van der Waals surface area contributed by atoms with Gasteiger partial charge in [-0.3, -0.25) is 4.79 Å². The van der Waals surface area contributed by atoms with Crippen LogP contribution >= 0.6 is 0 Å². The summed E-state index contributed by atoms with van der Waals surface area (Å²) >= 11 is 0. The molecule has 0 radical (unpaired) electrons. The third kappa shape index (κ3) is 3.26. The number of aliphatic carboxylic acids is 1. The normalized spacial score (nSPS) is 23.1. The van der Waals surface area contributed by atoms with E-state index in [4.69, 9.17) is 5.11 Å². The Balaban J connectivity index is 2.06. The third-order valence-electron chi connectivity index (χ3n) is 3.74. The van der Waals surface area contributed by atoms with Gasteiger partial charge in [0.05, 0.1) is 12.0 Å². The lowest BCUT2D eigenvalue weighted by Crippen LogP contribution is -2.35. The smallest absolute Gasteiger partial charge is 0.306 e. The van der Waals surface area contributed by atoms with E-state index >= 15 is 0 Å². The van der Waals surface area contributed by atoms with Gasteiger partial charge in [0, 0.05) is 18.8 Å². The van der Waals surface area contributed by atoms with E-state index < -0.39 is 11.6 Å². The molecule has 1 saturated heterocycles. The highest BCUT2D eigenvalue weighted by Crippen LogP contribution is 2.30. The summed E-state index contributed by atoms with van der Waals surface area (Å²) in [5, 5.41) is 19.0. The summed E-state index contributed by atoms with van der Waals surface area (Å²) in [5.41, 5.74) is 1.23. The minimum Gasteiger partial charge on any atom is -0.481 e. The molecule has 0 aromatic heterocycles. The van der Waals surface area contributed by atoms with E-state index in [1.807, 2.05) is 17.0 Å². The van der Waals surface area contributed by atoms with E-state index in [0.29, 0.717) is 25.4 Å². The molecule has 2 rings (SSSR count). The Morgan fingerprint density at radius 1 is 1.37 bits per heavy atom. The molecule has 0 amide bonds. The highest BCUT2D eigenvalue weighted by molar-refractivity contribution is 5.68. The number of nitrogens with zero attached hydrogens (tertiary/aromatic N) is 1. The second-order valence-corrected chi connectivity index (χ2v) is 5.71. The molecule has 0 bridgehead atoms. The minimum absolute atomic E-state index is 0.187. The molecule has 1 aliphatic heterocycles. The molecule has 1 aromatic rings. The average molecular weight is 263 g/mol. The van der Waals surface area contributed by atoms with Crippen LogP contribution in [0.1, 0.15) is 38.2 Å². The van der Waals surface area contributed by atoms with Crippen LogP contribution in [0.3, 0.4) is 0 Å². The number of hydrogen-bond donors (Lipinski definition) is 2. The Morgan fingerprint density at radius 3 is 2.53 bits per heavy atom. The average Bonchev–Trinajstić information content (AvgIpc) is 2.70. The molecule has 4 nitrogen and oxygen atoms in total. The zero-order chi connectivity index (χ0) is 14.0. The van der Waals surface area contributed by atoms with Gasteiger partial charge in [-0.15, -0.1) is 0 Å². The zero-order valence-electron chi connectivity index (χ0n) is 11.5. The minimum atomic E-state index is -1.09. The number of hydrogen-bond acceptors (Lipinski definition) is 3. The highest BCUT2D eigenvalue weighted by Gasteiger charge is 2.38. The standard InChI is InChI=1S/C15H21NO3/c1-11(2)12-3-5-13(6-4-12)16-8-7-15(19,10-16)9-14(17)18/h3-6,11,19H,7-10H2,1-2H3,(H,17,18). The number of rotatable bonds is 4. The maximum Gasteiger partial charge on any atom is 0.306 e. The number of carboxylic acids is 1. The van der Waals surface area contributed by atoms with Crippen LogP contribution in [0.5, 0.6) is 0 Å². The van der Waals surface area contributed by atoms with Crippen molar-refractivity contribution in [3.05, 3.63) is 29.8 Å². The third-order valence-corrected chi connectivity index (χ3v) is 3.74. The van der Waals surface area contributed by atoms with Gasteiger partial charge in [0.1, 0.15) is 0 Å². The first-order valence-electron chi connectivity index (χ1n) is 6.69. The number of aliphatic hydroxyl groups is 1. The summed E-state index contributed by atoms with van der Waals surface area (Å²) in [6.07, 6.45) is 0.318. The number of β-amino-alcohol motifs (C(OH)–C–C–N with tert-alkyl or cyclic N) is 1. The molecule has 1 unspecified atom stereocenters. The van der Waals surface area contributed by atoms with Crippen molar-refractivity contribution in [2.24, 2.45) is 0 Å². The monoisotopic (exact) mass is 263 g/mol.